The number of carboxylic acids is 1. The van der Waals surface area contributed by atoms with Gasteiger partial charge in [-0.2, -0.15) is 5.26 Å². The summed E-state index contributed by atoms with van der Waals surface area (Å²) < 4.78 is 25.2. The highest BCUT2D eigenvalue weighted by Crippen LogP contribution is 2.26. The first kappa shape index (κ1) is 12.3. The Bertz CT molecular complexity index is 471. The fourth-order valence-corrected chi connectivity index (χ4v) is 1.41. The summed E-state index contributed by atoms with van der Waals surface area (Å²) in [5.74, 6) is -1.80. The molecule has 0 fully saturated rings. The second-order valence-electron chi connectivity index (χ2n) is 2.78. The highest BCUT2D eigenvalue weighted by Gasteiger charge is 2.20. The van der Waals surface area contributed by atoms with Crippen LogP contribution in [0.2, 0.25) is 0 Å². The molecule has 0 saturated carbocycles. The highest BCUT2D eigenvalue weighted by atomic mass is 35.5. The van der Waals surface area contributed by atoms with Gasteiger partial charge >= 0.3 is 5.97 Å². The van der Waals surface area contributed by atoms with Crippen molar-refractivity contribution in [1.82, 2.24) is 4.98 Å². The zero-order chi connectivity index (χ0) is 12.3. The molecular weight excluding hydrogens is 242 g/mol. The van der Waals surface area contributed by atoms with Crippen LogP contribution in [0.15, 0.2) is 6.07 Å². The minimum absolute atomic E-state index is 0.135. The highest BCUT2D eigenvalue weighted by molar-refractivity contribution is 6.17. The first-order valence-electron chi connectivity index (χ1n) is 4.02. The molecule has 84 valence electrons. The fraction of sp³-hybridized carbons (Fsp3) is 0.222. The zero-order valence-electron chi connectivity index (χ0n) is 7.75. The predicted molar refractivity (Wildman–Crippen MR) is 50.4 cm³/mol. The number of carbonyl (C=O) groups is 1. The molecule has 1 N–H and O–H groups in total. The molecule has 0 saturated heterocycles. The van der Waals surface area contributed by atoms with E-state index in [2.05, 4.69) is 4.98 Å². The normalized spacial score (nSPS) is 10.2. The Morgan fingerprint density at radius 2 is 2.31 bits per heavy atom. The number of alkyl halides is 3. The molecule has 0 unspecified atom stereocenters. The Morgan fingerprint density at radius 3 is 2.69 bits per heavy atom. The summed E-state index contributed by atoms with van der Waals surface area (Å²) in [5, 5.41) is 17.3. The van der Waals surface area contributed by atoms with Crippen molar-refractivity contribution in [3.05, 3.63) is 28.6 Å². The van der Waals surface area contributed by atoms with Crippen LogP contribution in [0.25, 0.3) is 0 Å². The van der Waals surface area contributed by atoms with Crippen LogP contribution in [0.3, 0.4) is 0 Å². The molecule has 1 aromatic rings. The van der Waals surface area contributed by atoms with Gasteiger partial charge in [-0.25, -0.2) is 18.6 Å². The van der Waals surface area contributed by atoms with Crippen LogP contribution in [0, 0.1) is 11.3 Å². The van der Waals surface area contributed by atoms with Gasteiger partial charge < -0.3 is 5.11 Å². The number of hydrogen-bond donors (Lipinski definition) is 1. The van der Waals surface area contributed by atoms with Gasteiger partial charge in [0.1, 0.15) is 17.5 Å². The van der Waals surface area contributed by atoms with Gasteiger partial charge in [-0.05, 0) is 6.07 Å². The maximum Gasteiger partial charge on any atom is 0.354 e. The summed E-state index contributed by atoms with van der Waals surface area (Å²) in [6.07, 6.45) is -2.90. The molecular formula is C9H5ClF2N2O2. The number of carboxylic acid groups (broad SMARTS) is 1. The third kappa shape index (κ3) is 2.25. The molecule has 0 bridgehead atoms. The Balaban J connectivity index is 3.51. The predicted octanol–water partition coefficient (Wildman–Crippen LogP) is 2.33. The van der Waals surface area contributed by atoms with Gasteiger partial charge in [-0.3, -0.25) is 0 Å². The molecule has 0 radical (unpaired) electrons. The molecule has 0 aromatic carbocycles. The maximum absolute atomic E-state index is 12.6. The SMILES string of the molecule is N#Cc1nc(C(=O)O)cc(C(F)F)c1CCl. The van der Waals surface area contributed by atoms with Crippen LogP contribution in [0.5, 0.6) is 0 Å². The lowest BCUT2D eigenvalue weighted by atomic mass is 10.1. The van der Waals surface area contributed by atoms with Gasteiger partial charge in [0.2, 0.25) is 0 Å². The average molecular weight is 247 g/mol. The molecule has 0 aliphatic carbocycles. The molecule has 0 atom stereocenters. The van der Waals surface area contributed by atoms with Gasteiger partial charge in [-0.15, -0.1) is 11.6 Å². The number of hydrogen-bond acceptors (Lipinski definition) is 3. The van der Waals surface area contributed by atoms with Crippen LogP contribution < -0.4 is 0 Å². The number of aromatic nitrogens is 1. The third-order valence-electron chi connectivity index (χ3n) is 1.85. The molecule has 16 heavy (non-hydrogen) atoms. The standard InChI is InChI=1S/C9H5ClF2N2O2/c10-2-5-4(8(11)12)1-6(9(15)16)14-7(5)3-13/h1,8H,2H2,(H,15,16). The van der Waals surface area contributed by atoms with Crippen molar-refractivity contribution >= 4 is 17.6 Å². The molecule has 1 aromatic heterocycles. The molecule has 0 aliphatic heterocycles. The number of nitriles is 1. The molecule has 7 heteroatoms. The van der Waals surface area contributed by atoms with E-state index in [0.29, 0.717) is 0 Å². The van der Waals surface area contributed by atoms with E-state index >= 15 is 0 Å². The first-order valence-corrected chi connectivity index (χ1v) is 4.56. The topological polar surface area (TPSA) is 74.0 Å². The Hall–Kier alpha value is -1.74. The van der Waals surface area contributed by atoms with Gasteiger partial charge in [0.05, 0.1) is 5.88 Å². The maximum atomic E-state index is 12.6. The van der Waals surface area contributed by atoms with Gasteiger partial charge in [0.15, 0.2) is 0 Å². The quantitative estimate of drug-likeness (QED) is 0.831. The van der Waals surface area contributed by atoms with Crippen LogP contribution in [-0.4, -0.2) is 16.1 Å². The summed E-state index contributed by atoms with van der Waals surface area (Å²) in [7, 11) is 0. The van der Waals surface area contributed by atoms with Crippen LogP contribution in [0.1, 0.15) is 33.7 Å². The number of aromatic carboxylic acids is 1. The molecule has 0 spiro atoms. The van der Waals surface area contributed by atoms with E-state index in [-0.39, 0.29) is 17.1 Å². The van der Waals surface area contributed by atoms with Crippen molar-refractivity contribution in [1.29, 1.82) is 5.26 Å². The second kappa shape index (κ2) is 4.86. The number of rotatable bonds is 3. The molecule has 0 amide bonds. The monoisotopic (exact) mass is 246 g/mol. The van der Waals surface area contributed by atoms with Crippen LogP contribution in [-0.2, 0) is 5.88 Å². The van der Waals surface area contributed by atoms with E-state index < -0.39 is 23.7 Å². The lowest BCUT2D eigenvalue weighted by Crippen LogP contribution is -2.07. The molecule has 0 aliphatic rings. The third-order valence-corrected chi connectivity index (χ3v) is 2.12. The van der Waals surface area contributed by atoms with E-state index in [4.69, 9.17) is 22.0 Å². The van der Waals surface area contributed by atoms with Crippen LogP contribution >= 0.6 is 11.6 Å². The van der Waals surface area contributed by atoms with Gasteiger partial charge in [0, 0.05) is 11.1 Å². The Morgan fingerprint density at radius 1 is 1.69 bits per heavy atom. The van der Waals surface area contributed by atoms with Crippen molar-refractivity contribution in [2.45, 2.75) is 12.3 Å². The zero-order valence-corrected chi connectivity index (χ0v) is 8.50. The van der Waals surface area contributed by atoms with E-state index in [9.17, 15) is 13.6 Å². The summed E-state index contributed by atoms with van der Waals surface area (Å²) in [4.78, 5) is 14.0. The van der Waals surface area contributed by atoms with Gasteiger partial charge in [-0.1, -0.05) is 0 Å². The van der Waals surface area contributed by atoms with Crippen molar-refractivity contribution in [3.8, 4) is 6.07 Å². The lowest BCUT2D eigenvalue weighted by molar-refractivity contribution is 0.0689. The van der Waals surface area contributed by atoms with E-state index in [1.54, 1.807) is 6.07 Å². The average Bonchev–Trinajstić information content (AvgIpc) is 2.26. The molecule has 1 heterocycles. The Labute approximate surface area is 94.1 Å². The second-order valence-corrected chi connectivity index (χ2v) is 3.04. The van der Waals surface area contributed by atoms with Crippen LogP contribution in [0.4, 0.5) is 8.78 Å². The van der Waals surface area contributed by atoms with E-state index in [1.165, 1.54) is 0 Å². The van der Waals surface area contributed by atoms with Crippen molar-refractivity contribution < 1.29 is 18.7 Å². The van der Waals surface area contributed by atoms with E-state index in [0.717, 1.165) is 6.07 Å². The summed E-state index contributed by atoms with van der Waals surface area (Å²) >= 11 is 5.42. The van der Waals surface area contributed by atoms with Crippen molar-refractivity contribution in [3.63, 3.8) is 0 Å². The van der Waals surface area contributed by atoms with Crippen molar-refractivity contribution in [2.75, 3.05) is 0 Å². The van der Waals surface area contributed by atoms with E-state index in [1.807, 2.05) is 0 Å². The smallest absolute Gasteiger partial charge is 0.354 e. The summed E-state index contributed by atoms with van der Waals surface area (Å²) in [6, 6.07) is 2.27. The number of nitrogens with zero attached hydrogens (tertiary/aromatic N) is 2. The minimum Gasteiger partial charge on any atom is -0.477 e. The molecule has 1 rings (SSSR count). The largest absolute Gasteiger partial charge is 0.477 e. The molecule has 4 nitrogen and oxygen atoms in total. The minimum atomic E-state index is -2.90. The Kier molecular flexibility index (Phi) is 3.74. The fourth-order valence-electron chi connectivity index (χ4n) is 1.13. The van der Waals surface area contributed by atoms with Gasteiger partial charge in [0.25, 0.3) is 6.43 Å². The van der Waals surface area contributed by atoms with Crippen molar-refractivity contribution in [2.24, 2.45) is 0 Å². The number of halogens is 3. The number of pyridine rings is 1. The summed E-state index contributed by atoms with van der Waals surface area (Å²) in [6.45, 7) is 0. The first-order chi connectivity index (χ1) is 7.51. The lowest BCUT2D eigenvalue weighted by Gasteiger charge is -2.08. The summed E-state index contributed by atoms with van der Waals surface area (Å²) in [5.41, 5.74) is -1.69.